The van der Waals surface area contributed by atoms with E-state index in [0.29, 0.717) is 0 Å². The van der Waals surface area contributed by atoms with E-state index in [2.05, 4.69) is 5.32 Å². The standard InChI is InChI=1S/C21H26N2O4/c1-13(27-21(2,3)4)18(20(25)26)23-19(24)16-11-10-15(12-17(16)22)14-8-6-5-7-9-14/h5-13,18H,22H2,1-4H3,(H,23,24)(H,25,26)/t13-,18+/m1/s1. The van der Waals surface area contributed by atoms with Crippen LogP contribution in [0.1, 0.15) is 38.1 Å². The smallest absolute Gasteiger partial charge is 0.328 e. The van der Waals surface area contributed by atoms with Gasteiger partial charge in [-0.05, 0) is 51.0 Å². The Morgan fingerprint density at radius 1 is 1.07 bits per heavy atom. The van der Waals surface area contributed by atoms with Gasteiger partial charge in [-0.3, -0.25) is 4.79 Å². The number of ether oxygens (including phenoxy) is 1. The number of carbonyl (C=O) groups is 2. The van der Waals surface area contributed by atoms with Gasteiger partial charge >= 0.3 is 5.97 Å². The first-order valence-electron chi connectivity index (χ1n) is 8.75. The fourth-order valence-electron chi connectivity index (χ4n) is 2.80. The first kappa shape index (κ1) is 20.5. The molecular weight excluding hydrogens is 344 g/mol. The van der Waals surface area contributed by atoms with Gasteiger partial charge in [-0.2, -0.15) is 0 Å². The topological polar surface area (TPSA) is 102 Å². The predicted octanol–water partition coefficient (Wildman–Crippen LogP) is 3.32. The van der Waals surface area contributed by atoms with Crippen molar-refractivity contribution in [1.29, 1.82) is 0 Å². The Morgan fingerprint density at radius 2 is 1.70 bits per heavy atom. The second-order valence-electron chi connectivity index (χ2n) is 7.39. The summed E-state index contributed by atoms with van der Waals surface area (Å²) in [6, 6.07) is 13.5. The van der Waals surface area contributed by atoms with Crippen LogP contribution < -0.4 is 11.1 Å². The highest BCUT2D eigenvalue weighted by Crippen LogP contribution is 2.24. The maximum Gasteiger partial charge on any atom is 0.328 e. The molecule has 0 aromatic heterocycles. The number of amides is 1. The normalized spacial score (nSPS) is 13.6. The molecule has 27 heavy (non-hydrogen) atoms. The van der Waals surface area contributed by atoms with E-state index < -0.39 is 29.6 Å². The van der Waals surface area contributed by atoms with Gasteiger partial charge in [0.1, 0.15) is 0 Å². The summed E-state index contributed by atoms with van der Waals surface area (Å²) in [5.74, 6) is -1.72. The number of carboxylic acids is 1. The summed E-state index contributed by atoms with van der Waals surface area (Å²) >= 11 is 0. The first-order chi connectivity index (χ1) is 12.6. The van der Waals surface area contributed by atoms with Crippen molar-refractivity contribution in [2.75, 3.05) is 5.73 Å². The van der Waals surface area contributed by atoms with E-state index >= 15 is 0 Å². The van der Waals surface area contributed by atoms with Crippen molar-refractivity contribution < 1.29 is 19.4 Å². The third-order valence-corrected chi connectivity index (χ3v) is 3.96. The zero-order chi connectivity index (χ0) is 20.2. The molecule has 0 unspecified atom stereocenters. The van der Waals surface area contributed by atoms with Crippen molar-refractivity contribution in [3.8, 4) is 11.1 Å². The number of nitrogen functional groups attached to an aromatic ring is 1. The van der Waals surface area contributed by atoms with Gasteiger partial charge in [0.25, 0.3) is 5.91 Å². The summed E-state index contributed by atoms with van der Waals surface area (Å²) in [6.07, 6.45) is -0.712. The van der Waals surface area contributed by atoms with Crippen molar-refractivity contribution >= 4 is 17.6 Å². The van der Waals surface area contributed by atoms with Crippen LogP contribution in [-0.4, -0.2) is 34.7 Å². The average Bonchev–Trinajstić information content (AvgIpc) is 2.58. The van der Waals surface area contributed by atoms with Gasteiger partial charge in [-0.25, -0.2) is 4.79 Å². The van der Waals surface area contributed by atoms with Gasteiger partial charge in [0.05, 0.1) is 17.3 Å². The van der Waals surface area contributed by atoms with Crippen molar-refractivity contribution in [3.05, 3.63) is 54.1 Å². The molecule has 2 atom stereocenters. The third kappa shape index (κ3) is 5.56. The van der Waals surface area contributed by atoms with Crippen molar-refractivity contribution in [1.82, 2.24) is 5.32 Å². The summed E-state index contributed by atoms with van der Waals surface area (Å²) in [5.41, 5.74) is 7.88. The number of carboxylic acid groups (broad SMARTS) is 1. The summed E-state index contributed by atoms with van der Waals surface area (Å²) in [5, 5.41) is 12.0. The van der Waals surface area contributed by atoms with Crippen LogP contribution in [0.4, 0.5) is 5.69 Å². The lowest BCUT2D eigenvalue weighted by Crippen LogP contribution is -2.50. The van der Waals surface area contributed by atoms with Crippen LogP contribution in [0.3, 0.4) is 0 Å². The number of anilines is 1. The largest absolute Gasteiger partial charge is 0.480 e. The van der Waals surface area contributed by atoms with Crippen molar-refractivity contribution in [3.63, 3.8) is 0 Å². The summed E-state index contributed by atoms with van der Waals surface area (Å²) < 4.78 is 5.68. The molecule has 2 aromatic carbocycles. The van der Waals surface area contributed by atoms with Gasteiger partial charge in [0.2, 0.25) is 0 Å². The second kappa shape index (κ2) is 8.22. The molecule has 0 fully saturated rings. The van der Waals surface area contributed by atoms with E-state index in [1.54, 1.807) is 25.1 Å². The fraction of sp³-hybridized carbons (Fsp3) is 0.333. The van der Waals surface area contributed by atoms with Crippen LogP contribution in [-0.2, 0) is 9.53 Å². The molecule has 0 bridgehead atoms. The molecule has 0 radical (unpaired) electrons. The molecule has 0 saturated heterocycles. The predicted molar refractivity (Wildman–Crippen MR) is 105 cm³/mol. The number of carbonyl (C=O) groups excluding carboxylic acids is 1. The number of hydrogen-bond acceptors (Lipinski definition) is 4. The molecule has 0 aliphatic heterocycles. The molecule has 0 saturated carbocycles. The highest BCUT2D eigenvalue weighted by atomic mass is 16.5. The molecule has 6 nitrogen and oxygen atoms in total. The maximum absolute atomic E-state index is 12.6. The average molecular weight is 370 g/mol. The zero-order valence-corrected chi connectivity index (χ0v) is 16.0. The highest BCUT2D eigenvalue weighted by molar-refractivity contribution is 6.01. The van der Waals surface area contributed by atoms with Crippen LogP contribution in [0.5, 0.6) is 0 Å². The molecule has 144 valence electrons. The molecule has 4 N–H and O–H groups in total. The van der Waals surface area contributed by atoms with E-state index in [-0.39, 0.29) is 11.3 Å². The summed E-state index contributed by atoms with van der Waals surface area (Å²) in [6.45, 7) is 7.09. The van der Waals surface area contributed by atoms with E-state index in [4.69, 9.17) is 10.5 Å². The highest BCUT2D eigenvalue weighted by Gasteiger charge is 2.31. The quantitative estimate of drug-likeness (QED) is 0.677. The van der Waals surface area contributed by atoms with Crippen LogP contribution in [0, 0.1) is 0 Å². The number of benzene rings is 2. The van der Waals surface area contributed by atoms with Crippen LogP contribution in [0.15, 0.2) is 48.5 Å². The van der Waals surface area contributed by atoms with Crippen LogP contribution >= 0.6 is 0 Å². The van der Waals surface area contributed by atoms with E-state index in [1.807, 2.05) is 51.1 Å². The lowest BCUT2D eigenvalue weighted by atomic mass is 10.0. The fourth-order valence-corrected chi connectivity index (χ4v) is 2.80. The Bertz CT molecular complexity index is 813. The minimum atomic E-state index is -1.19. The van der Waals surface area contributed by atoms with Crippen LogP contribution in [0.25, 0.3) is 11.1 Å². The Labute approximate surface area is 159 Å². The number of aliphatic carboxylic acids is 1. The third-order valence-electron chi connectivity index (χ3n) is 3.96. The number of nitrogens with two attached hydrogens (primary N) is 1. The first-order valence-corrected chi connectivity index (χ1v) is 8.75. The lowest BCUT2D eigenvalue weighted by Gasteiger charge is -2.29. The van der Waals surface area contributed by atoms with Gasteiger partial charge in [-0.15, -0.1) is 0 Å². The van der Waals surface area contributed by atoms with Crippen molar-refractivity contribution in [2.45, 2.75) is 45.4 Å². The van der Waals surface area contributed by atoms with Crippen LogP contribution in [0.2, 0.25) is 0 Å². The van der Waals surface area contributed by atoms with Gasteiger partial charge in [-0.1, -0.05) is 36.4 Å². The lowest BCUT2D eigenvalue weighted by molar-refractivity contribution is -0.146. The number of hydrogen-bond donors (Lipinski definition) is 3. The molecule has 6 heteroatoms. The summed E-state index contributed by atoms with van der Waals surface area (Å²) in [4.78, 5) is 24.2. The molecule has 2 aromatic rings. The molecule has 0 aliphatic rings. The van der Waals surface area contributed by atoms with E-state index in [1.165, 1.54) is 0 Å². The van der Waals surface area contributed by atoms with E-state index in [9.17, 15) is 14.7 Å². The Morgan fingerprint density at radius 3 is 2.22 bits per heavy atom. The molecule has 2 rings (SSSR count). The number of nitrogens with one attached hydrogen (secondary N) is 1. The summed E-state index contributed by atoms with van der Waals surface area (Å²) in [7, 11) is 0. The van der Waals surface area contributed by atoms with Gasteiger partial charge in [0.15, 0.2) is 6.04 Å². The second-order valence-corrected chi connectivity index (χ2v) is 7.39. The number of rotatable bonds is 6. The minimum absolute atomic E-state index is 0.226. The van der Waals surface area contributed by atoms with Gasteiger partial charge < -0.3 is 20.9 Å². The molecule has 1 amide bonds. The molecule has 0 spiro atoms. The molecule has 0 aliphatic carbocycles. The van der Waals surface area contributed by atoms with E-state index in [0.717, 1.165) is 11.1 Å². The Balaban J connectivity index is 2.19. The molecular formula is C21H26N2O4. The molecule has 0 heterocycles. The minimum Gasteiger partial charge on any atom is -0.480 e. The maximum atomic E-state index is 12.6. The van der Waals surface area contributed by atoms with Gasteiger partial charge in [0, 0.05) is 5.69 Å². The zero-order valence-electron chi connectivity index (χ0n) is 16.0. The Kier molecular flexibility index (Phi) is 6.23. The SMILES string of the molecule is C[C@@H](OC(C)(C)C)[C@H](NC(=O)c1ccc(-c2ccccc2)cc1N)C(=O)O. The van der Waals surface area contributed by atoms with Crippen molar-refractivity contribution in [2.24, 2.45) is 0 Å². The monoisotopic (exact) mass is 370 g/mol. The Hall–Kier alpha value is -2.86.